The Bertz CT molecular complexity index is 263. The first kappa shape index (κ1) is 13.1. The van der Waals surface area contributed by atoms with Gasteiger partial charge in [-0.05, 0) is 13.8 Å². The molecule has 92 valence electrons. The highest BCUT2D eigenvalue weighted by Gasteiger charge is 2.26. The Hall–Kier alpha value is -0.970. The fourth-order valence-corrected chi connectivity index (χ4v) is 1.71. The van der Waals surface area contributed by atoms with E-state index in [-0.39, 0.29) is 12.0 Å². The number of halogens is 1. The fraction of sp³-hybridized carbons (Fsp3) is 0.800. The highest BCUT2D eigenvalue weighted by Crippen LogP contribution is 2.07. The van der Waals surface area contributed by atoms with Crippen molar-refractivity contribution in [3.63, 3.8) is 0 Å². The molecule has 0 aliphatic carbocycles. The standard InChI is InChI=1S/C10H17ClN2O3/c1-3-16-10(15)13-6-4-12(5-7-13)9(14)8(2)11/h8H,3-7H2,1-2H3/t8-/m1/s1. The van der Waals surface area contributed by atoms with Gasteiger partial charge in [-0.25, -0.2) is 4.79 Å². The van der Waals surface area contributed by atoms with Crippen LogP contribution in [0.2, 0.25) is 0 Å². The van der Waals surface area contributed by atoms with Gasteiger partial charge in [-0.15, -0.1) is 11.6 Å². The third kappa shape index (κ3) is 3.27. The minimum Gasteiger partial charge on any atom is -0.450 e. The minimum atomic E-state index is -0.505. The van der Waals surface area contributed by atoms with Crippen LogP contribution in [-0.4, -0.2) is 60.0 Å². The summed E-state index contributed by atoms with van der Waals surface area (Å²) < 4.78 is 4.88. The third-order valence-corrected chi connectivity index (χ3v) is 2.64. The van der Waals surface area contributed by atoms with Crippen LogP contribution < -0.4 is 0 Å². The normalized spacial score (nSPS) is 18.2. The molecule has 1 fully saturated rings. The van der Waals surface area contributed by atoms with E-state index in [1.807, 2.05) is 0 Å². The van der Waals surface area contributed by atoms with E-state index in [0.29, 0.717) is 32.8 Å². The lowest BCUT2D eigenvalue weighted by Crippen LogP contribution is -2.52. The summed E-state index contributed by atoms with van der Waals surface area (Å²) in [6.07, 6.45) is -0.312. The van der Waals surface area contributed by atoms with Crippen molar-refractivity contribution in [1.29, 1.82) is 0 Å². The number of hydrogen-bond acceptors (Lipinski definition) is 3. The molecule has 2 amide bonds. The van der Waals surface area contributed by atoms with Crippen molar-refractivity contribution in [1.82, 2.24) is 9.80 Å². The summed E-state index contributed by atoms with van der Waals surface area (Å²) in [6, 6.07) is 0. The topological polar surface area (TPSA) is 49.9 Å². The molecule has 1 atom stereocenters. The average Bonchev–Trinajstić information content (AvgIpc) is 2.28. The lowest BCUT2D eigenvalue weighted by Gasteiger charge is -2.34. The molecule has 0 spiro atoms. The summed E-state index contributed by atoms with van der Waals surface area (Å²) >= 11 is 5.71. The molecule has 0 bridgehead atoms. The van der Waals surface area contributed by atoms with Crippen molar-refractivity contribution in [2.24, 2.45) is 0 Å². The first-order chi connectivity index (χ1) is 7.56. The van der Waals surface area contributed by atoms with E-state index < -0.39 is 5.38 Å². The first-order valence-electron chi connectivity index (χ1n) is 5.40. The maximum absolute atomic E-state index is 11.6. The summed E-state index contributed by atoms with van der Waals surface area (Å²) in [5.41, 5.74) is 0. The number of amides is 2. The van der Waals surface area contributed by atoms with Gasteiger partial charge < -0.3 is 14.5 Å². The van der Waals surface area contributed by atoms with Gasteiger partial charge in [-0.1, -0.05) is 0 Å². The zero-order valence-corrected chi connectivity index (χ0v) is 10.4. The Morgan fingerprint density at radius 2 is 1.75 bits per heavy atom. The molecule has 5 nitrogen and oxygen atoms in total. The maximum Gasteiger partial charge on any atom is 0.409 e. The van der Waals surface area contributed by atoms with Gasteiger partial charge in [0.1, 0.15) is 5.38 Å². The second-order valence-corrected chi connectivity index (χ2v) is 4.28. The van der Waals surface area contributed by atoms with Crippen molar-refractivity contribution >= 4 is 23.6 Å². The molecular weight excluding hydrogens is 232 g/mol. The minimum absolute atomic E-state index is 0.0785. The molecule has 1 heterocycles. The largest absolute Gasteiger partial charge is 0.450 e. The Morgan fingerprint density at radius 3 is 2.19 bits per heavy atom. The van der Waals surface area contributed by atoms with Crippen LogP contribution in [0.3, 0.4) is 0 Å². The Morgan fingerprint density at radius 1 is 1.25 bits per heavy atom. The van der Waals surface area contributed by atoms with Crippen LogP contribution in [0.4, 0.5) is 4.79 Å². The lowest BCUT2D eigenvalue weighted by molar-refractivity contribution is -0.132. The Balaban J connectivity index is 2.39. The van der Waals surface area contributed by atoms with Crippen LogP contribution in [0.15, 0.2) is 0 Å². The van der Waals surface area contributed by atoms with Crippen molar-refractivity contribution in [3.8, 4) is 0 Å². The summed E-state index contributed by atoms with van der Waals surface area (Å²) in [5, 5.41) is -0.505. The molecule has 1 aliphatic heterocycles. The van der Waals surface area contributed by atoms with Gasteiger partial charge in [0.2, 0.25) is 5.91 Å². The maximum atomic E-state index is 11.6. The van der Waals surface area contributed by atoms with E-state index in [4.69, 9.17) is 16.3 Å². The van der Waals surface area contributed by atoms with Crippen LogP contribution in [0.25, 0.3) is 0 Å². The molecule has 16 heavy (non-hydrogen) atoms. The smallest absolute Gasteiger partial charge is 0.409 e. The molecular formula is C10H17ClN2O3. The van der Waals surface area contributed by atoms with Crippen molar-refractivity contribution in [3.05, 3.63) is 0 Å². The quantitative estimate of drug-likeness (QED) is 0.683. The lowest BCUT2D eigenvalue weighted by atomic mass is 10.3. The Kier molecular flexibility index (Phi) is 4.86. The van der Waals surface area contributed by atoms with Crippen LogP contribution >= 0.6 is 11.6 Å². The van der Waals surface area contributed by atoms with Crippen LogP contribution in [0.1, 0.15) is 13.8 Å². The predicted molar refractivity (Wildman–Crippen MR) is 60.5 cm³/mol. The van der Waals surface area contributed by atoms with E-state index in [1.54, 1.807) is 23.6 Å². The number of hydrogen-bond donors (Lipinski definition) is 0. The van der Waals surface area contributed by atoms with Gasteiger partial charge >= 0.3 is 6.09 Å². The number of ether oxygens (including phenoxy) is 1. The van der Waals surface area contributed by atoms with E-state index in [0.717, 1.165) is 0 Å². The van der Waals surface area contributed by atoms with Crippen molar-refractivity contribution in [2.75, 3.05) is 32.8 Å². The molecule has 0 radical (unpaired) electrons. The fourth-order valence-electron chi connectivity index (χ4n) is 1.58. The van der Waals surface area contributed by atoms with E-state index in [1.165, 1.54) is 0 Å². The van der Waals surface area contributed by atoms with Gasteiger partial charge in [0.05, 0.1) is 6.61 Å². The van der Waals surface area contributed by atoms with E-state index >= 15 is 0 Å². The number of rotatable bonds is 2. The predicted octanol–water partition coefficient (Wildman–Crippen LogP) is 0.914. The SMILES string of the molecule is CCOC(=O)N1CCN(C(=O)[C@@H](C)Cl)CC1. The van der Waals surface area contributed by atoms with Crippen molar-refractivity contribution in [2.45, 2.75) is 19.2 Å². The summed E-state index contributed by atoms with van der Waals surface area (Å²) in [4.78, 5) is 26.2. The second-order valence-electron chi connectivity index (χ2n) is 3.63. The van der Waals surface area contributed by atoms with Crippen molar-refractivity contribution < 1.29 is 14.3 Å². The van der Waals surface area contributed by atoms with Crippen LogP contribution in [0, 0.1) is 0 Å². The number of carbonyl (C=O) groups excluding carboxylic acids is 2. The van der Waals surface area contributed by atoms with Gasteiger partial charge in [-0.2, -0.15) is 0 Å². The third-order valence-electron chi connectivity index (χ3n) is 2.46. The molecule has 0 aromatic heterocycles. The summed E-state index contributed by atoms with van der Waals surface area (Å²) in [5.74, 6) is -0.0785. The molecule has 0 aromatic carbocycles. The van der Waals surface area contributed by atoms with Gasteiger partial charge in [0.25, 0.3) is 0 Å². The van der Waals surface area contributed by atoms with Crippen LogP contribution in [0.5, 0.6) is 0 Å². The zero-order chi connectivity index (χ0) is 12.1. The van der Waals surface area contributed by atoms with E-state index in [9.17, 15) is 9.59 Å². The van der Waals surface area contributed by atoms with Gasteiger partial charge in [0, 0.05) is 26.2 Å². The number of piperazine rings is 1. The van der Waals surface area contributed by atoms with E-state index in [2.05, 4.69) is 0 Å². The molecule has 0 saturated carbocycles. The highest BCUT2D eigenvalue weighted by atomic mass is 35.5. The second kappa shape index (κ2) is 5.94. The van der Waals surface area contributed by atoms with Crippen LogP contribution in [-0.2, 0) is 9.53 Å². The first-order valence-corrected chi connectivity index (χ1v) is 5.84. The molecule has 1 saturated heterocycles. The average molecular weight is 249 g/mol. The summed E-state index contributed by atoms with van der Waals surface area (Å²) in [7, 11) is 0. The number of carbonyl (C=O) groups is 2. The summed E-state index contributed by atoms with van der Waals surface area (Å²) in [6.45, 7) is 5.86. The zero-order valence-electron chi connectivity index (χ0n) is 9.61. The Labute approximate surface area is 100 Å². The molecule has 6 heteroatoms. The molecule has 1 rings (SSSR count). The van der Waals surface area contributed by atoms with Gasteiger partial charge in [0.15, 0.2) is 0 Å². The molecule has 0 N–H and O–H groups in total. The number of nitrogens with zero attached hydrogens (tertiary/aromatic N) is 2. The molecule has 1 aliphatic rings. The molecule has 0 aromatic rings. The van der Waals surface area contributed by atoms with Gasteiger partial charge in [-0.3, -0.25) is 4.79 Å². The highest BCUT2D eigenvalue weighted by molar-refractivity contribution is 6.30. The monoisotopic (exact) mass is 248 g/mol. The molecule has 0 unspecified atom stereocenters. The number of alkyl halides is 1.